The summed E-state index contributed by atoms with van der Waals surface area (Å²) in [7, 11) is 0. The third-order valence-corrected chi connectivity index (χ3v) is 5.99. The molecule has 1 radical (unpaired) electrons. The van der Waals surface area contributed by atoms with E-state index in [1.54, 1.807) is 42.5 Å². The fourth-order valence-corrected chi connectivity index (χ4v) is 4.20. The van der Waals surface area contributed by atoms with Gasteiger partial charge in [-0.3, -0.25) is 0 Å². The van der Waals surface area contributed by atoms with E-state index in [-0.39, 0.29) is 78.6 Å². The molecular formula is C29H23Cl2F3NaO4. The van der Waals surface area contributed by atoms with Crippen LogP contribution in [0.4, 0.5) is 13.2 Å². The van der Waals surface area contributed by atoms with Crippen LogP contribution >= 0.6 is 23.2 Å². The summed E-state index contributed by atoms with van der Waals surface area (Å²) in [4.78, 5) is 0. The fraction of sp³-hybridized carbons (Fsp3) is 0.172. The van der Waals surface area contributed by atoms with Crippen LogP contribution in [0.1, 0.15) is 22.3 Å². The van der Waals surface area contributed by atoms with Crippen LogP contribution in [0.3, 0.4) is 0 Å². The van der Waals surface area contributed by atoms with Crippen LogP contribution in [0, 0.1) is 0 Å². The predicted molar refractivity (Wildman–Crippen MR) is 146 cm³/mol. The standard InChI is InChI=1S/C29H23Cl2F3O4.Na/c30-21-5-1-3-19(15-21)17-36-14-13-25-26(29(32,33)34)11-12-27(38-24-9-7-23(35)8-10-24)28(25)37-18-20-4-2-6-22(31)16-20;/h1-12,15-16,35H,13-14,17-18H2;. The zero-order valence-electron chi connectivity index (χ0n) is 21.0. The summed E-state index contributed by atoms with van der Waals surface area (Å²) in [6, 6.07) is 21.9. The van der Waals surface area contributed by atoms with Gasteiger partial charge in [-0.25, -0.2) is 0 Å². The van der Waals surface area contributed by atoms with Gasteiger partial charge in [0.25, 0.3) is 0 Å². The zero-order chi connectivity index (χ0) is 27.1. The molecule has 199 valence electrons. The predicted octanol–water partition coefficient (Wildman–Crippen LogP) is 8.47. The Hall–Kier alpha value is -2.39. The Morgan fingerprint density at radius 1 is 0.769 bits per heavy atom. The second kappa shape index (κ2) is 14.3. The second-order valence-electron chi connectivity index (χ2n) is 8.36. The van der Waals surface area contributed by atoms with Crippen molar-refractivity contribution >= 4 is 52.8 Å². The SMILES string of the molecule is Oc1ccc(Oc2ccc(C(F)(F)F)c(CCOCc3cccc(Cl)c3)c2OCc2cccc(Cl)c2)cc1.[Na]. The molecule has 0 saturated heterocycles. The number of halogens is 5. The Balaban J connectivity index is 0.00000420. The average Bonchev–Trinajstić information content (AvgIpc) is 2.87. The first kappa shape index (κ1) is 31.1. The Kier molecular flexibility index (Phi) is 11.4. The number of ether oxygens (including phenoxy) is 3. The molecule has 0 saturated carbocycles. The van der Waals surface area contributed by atoms with Gasteiger partial charge in [-0.05, 0) is 71.8 Å². The van der Waals surface area contributed by atoms with E-state index in [4.69, 9.17) is 37.4 Å². The summed E-state index contributed by atoms with van der Waals surface area (Å²) in [5.41, 5.74) is 0.536. The van der Waals surface area contributed by atoms with Gasteiger partial charge in [-0.1, -0.05) is 47.5 Å². The van der Waals surface area contributed by atoms with Crippen molar-refractivity contribution in [1.29, 1.82) is 0 Å². The quantitative estimate of drug-likeness (QED) is 0.150. The molecule has 4 rings (SSSR count). The maximum absolute atomic E-state index is 14.1. The van der Waals surface area contributed by atoms with Gasteiger partial charge >= 0.3 is 6.18 Å². The van der Waals surface area contributed by atoms with Crippen molar-refractivity contribution in [2.75, 3.05) is 6.61 Å². The maximum atomic E-state index is 14.1. The number of rotatable bonds is 10. The minimum Gasteiger partial charge on any atom is -0.508 e. The molecule has 0 aliphatic rings. The van der Waals surface area contributed by atoms with Gasteiger partial charge < -0.3 is 19.3 Å². The molecule has 0 aliphatic heterocycles. The second-order valence-corrected chi connectivity index (χ2v) is 9.24. The first-order valence-electron chi connectivity index (χ1n) is 11.6. The van der Waals surface area contributed by atoms with E-state index >= 15 is 0 Å². The van der Waals surface area contributed by atoms with Crippen molar-refractivity contribution < 1.29 is 32.5 Å². The van der Waals surface area contributed by atoms with Gasteiger partial charge in [0.05, 0.1) is 18.8 Å². The number of phenolic OH excluding ortho intramolecular Hbond substituents is 1. The van der Waals surface area contributed by atoms with Gasteiger partial charge in [0.15, 0.2) is 11.5 Å². The molecule has 0 spiro atoms. The van der Waals surface area contributed by atoms with E-state index in [1.165, 1.54) is 30.3 Å². The molecule has 4 aromatic carbocycles. The van der Waals surface area contributed by atoms with Gasteiger partial charge in [0, 0.05) is 51.6 Å². The van der Waals surface area contributed by atoms with Gasteiger partial charge in [0.2, 0.25) is 0 Å². The molecule has 0 aliphatic carbocycles. The van der Waals surface area contributed by atoms with Crippen LogP contribution in [0.2, 0.25) is 10.0 Å². The van der Waals surface area contributed by atoms with E-state index in [0.717, 1.165) is 11.6 Å². The van der Waals surface area contributed by atoms with E-state index in [1.807, 2.05) is 6.07 Å². The normalized spacial score (nSPS) is 11.1. The Labute approximate surface area is 256 Å². The third-order valence-electron chi connectivity index (χ3n) is 5.52. The summed E-state index contributed by atoms with van der Waals surface area (Å²) in [6.07, 6.45) is -4.72. The van der Waals surface area contributed by atoms with Crippen LogP contribution in [0.15, 0.2) is 84.9 Å². The summed E-state index contributed by atoms with van der Waals surface area (Å²) in [5.74, 6) is 0.382. The van der Waals surface area contributed by atoms with Crippen molar-refractivity contribution in [1.82, 2.24) is 0 Å². The summed E-state index contributed by atoms with van der Waals surface area (Å²) >= 11 is 12.1. The number of hydrogen-bond donors (Lipinski definition) is 1. The molecule has 0 unspecified atom stereocenters. The first-order valence-corrected chi connectivity index (χ1v) is 12.3. The largest absolute Gasteiger partial charge is 0.508 e. The van der Waals surface area contributed by atoms with E-state index in [2.05, 4.69) is 0 Å². The summed E-state index contributed by atoms with van der Waals surface area (Å²) in [6.45, 7) is 0.139. The smallest absolute Gasteiger partial charge is 0.416 e. The van der Waals surface area contributed by atoms with Gasteiger partial charge in [-0.15, -0.1) is 0 Å². The first-order chi connectivity index (χ1) is 18.2. The van der Waals surface area contributed by atoms with Crippen LogP contribution in [-0.2, 0) is 30.5 Å². The molecule has 0 bridgehead atoms. The molecule has 10 heteroatoms. The third kappa shape index (κ3) is 9.07. The minimum atomic E-state index is -4.63. The minimum absolute atomic E-state index is 0. The number of alkyl halides is 3. The van der Waals surface area contributed by atoms with Crippen LogP contribution in [0.5, 0.6) is 23.0 Å². The summed E-state index contributed by atoms with van der Waals surface area (Å²) < 4.78 is 59.7. The van der Waals surface area contributed by atoms with Crippen LogP contribution < -0.4 is 9.47 Å². The van der Waals surface area contributed by atoms with E-state index in [9.17, 15) is 18.3 Å². The van der Waals surface area contributed by atoms with Gasteiger partial charge in [-0.2, -0.15) is 13.2 Å². The zero-order valence-corrected chi connectivity index (χ0v) is 24.5. The van der Waals surface area contributed by atoms with Crippen LogP contribution in [0.25, 0.3) is 0 Å². The molecule has 0 fully saturated rings. The molecule has 4 aromatic rings. The van der Waals surface area contributed by atoms with Crippen molar-refractivity contribution in [3.05, 3.63) is 117 Å². The van der Waals surface area contributed by atoms with Crippen molar-refractivity contribution in [2.24, 2.45) is 0 Å². The fourth-order valence-electron chi connectivity index (χ4n) is 3.77. The summed E-state index contributed by atoms with van der Waals surface area (Å²) in [5, 5.41) is 10.6. The van der Waals surface area contributed by atoms with Gasteiger partial charge in [0.1, 0.15) is 18.1 Å². The topological polar surface area (TPSA) is 47.9 Å². The average molecular weight is 586 g/mol. The molecule has 0 heterocycles. The monoisotopic (exact) mass is 585 g/mol. The molecule has 0 aromatic heterocycles. The number of hydrogen-bond acceptors (Lipinski definition) is 4. The Morgan fingerprint density at radius 3 is 1.97 bits per heavy atom. The number of aromatic hydroxyl groups is 1. The number of phenols is 1. The number of benzene rings is 4. The molecule has 0 atom stereocenters. The maximum Gasteiger partial charge on any atom is 0.416 e. The Bertz CT molecular complexity index is 1380. The molecule has 1 N–H and O–H groups in total. The van der Waals surface area contributed by atoms with Crippen LogP contribution in [-0.4, -0.2) is 41.3 Å². The van der Waals surface area contributed by atoms with Crippen molar-refractivity contribution in [2.45, 2.75) is 25.8 Å². The van der Waals surface area contributed by atoms with E-state index in [0.29, 0.717) is 21.4 Å². The van der Waals surface area contributed by atoms with E-state index < -0.39 is 11.7 Å². The van der Waals surface area contributed by atoms with Crippen molar-refractivity contribution in [3.63, 3.8) is 0 Å². The Morgan fingerprint density at radius 2 is 1.38 bits per heavy atom. The molecule has 4 nitrogen and oxygen atoms in total. The molecule has 39 heavy (non-hydrogen) atoms. The van der Waals surface area contributed by atoms with Crippen molar-refractivity contribution in [3.8, 4) is 23.0 Å². The molecular weight excluding hydrogens is 563 g/mol. The molecule has 0 amide bonds.